The van der Waals surface area contributed by atoms with Gasteiger partial charge >= 0.3 is 0 Å². The summed E-state index contributed by atoms with van der Waals surface area (Å²) in [4.78, 5) is 12.3. The largest absolute Gasteiger partial charge is 0.495 e. The van der Waals surface area contributed by atoms with Gasteiger partial charge in [-0.1, -0.05) is 0 Å². The van der Waals surface area contributed by atoms with Crippen LogP contribution < -0.4 is 10.1 Å². The Morgan fingerprint density at radius 2 is 2.04 bits per heavy atom. The standard InChI is InChI=1S/C18H22N2O5S2/c1-13(21)18-9-14(12-26-18)11-19-16-4-3-15(10-17(16)24-2)27(22,23)20-5-7-25-8-6-20/h3-4,9-10,12,19H,5-8,11H2,1-2H3. The third-order valence-corrected chi connectivity index (χ3v) is 7.24. The SMILES string of the molecule is COc1cc(S(=O)(=O)N2CCOCC2)ccc1NCc1csc(C(C)=O)c1. The average molecular weight is 411 g/mol. The number of carbonyl (C=O) groups excluding carboxylic acids is 1. The van der Waals surface area contributed by atoms with E-state index in [4.69, 9.17) is 9.47 Å². The first-order valence-electron chi connectivity index (χ1n) is 8.50. The molecule has 1 aliphatic heterocycles. The van der Waals surface area contributed by atoms with Crippen molar-refractivity contribution in [2.24, 2.45) is 0 Å². The Kier molecular flexibility index (Phi) is 6.15. The van der Waals surface area contributed by atoms with E-state index in [0.717, 1.165) is 5.56 Å². The van der Waals surface area contributed by atoms with E-state index in [9.17, 15) is 13.2 Å². The Morgan fingerprint density at radius 3 is 2.67 bits per heavy atom. The fourth-order valence-electron chi connectivity index (χ4n) is 2.76. The monoisotopic (exact) mass is 410 g/mol. The highest BCUT2D eigenvalue weighted by Gasteiger charge is 2.27. The zero-order chi connectivity index (χ0) is 19.4. The number of hydrogen-bond acceptors (Lipinski definition) is 7. The lowest BCUT2D eigenvalue weighted by molar-refractivity contribution is 0.0730. The van der Waals surface area contributed by atoms with Gasteiger partial charge in [0.2, 0.25) is 10.0 Å². The molecule has 0 aliphatic carbocycles. The molecule has 9 heteroatoms. The molecule has 0 spiro atoms. The highest BCUT2D eigenvalue weighted by molar-refractivity contribution is 7.89. The number of nitrogens with zero attached hydrogens (tertiary/aromatic N) is 1. The summed E-state index contributed by atoms with van der Waals surface area (Å²) in [5.41, 5.74) is 1.67. The van der Waals surface area contributed by atoms with Gasteiger partial charge in [-0.2, -0.15) is 4.31 Å². The van der Waals surface area contributed by atoms with Crippen molar-refractivity contribution in [1.29, 1.82) is 0 Å². The number of rotatable bonds is 7. The number of benzene rings is 1. The van der Waals surface area contributed by atoms with E-state index in [1.54, 1.807) is 19.1 Å². The quantitative estimate of drug-likeness (QED) is 0.707. The minimum Gasteiger partial charge on any atom is -0.495 e. The molecular weight excluding hydrogens is 388 g/mol. The van der Waals surface area contributed by atoms with E-state index in [-0.39, 0.29) is 10.7 Å². The van der Waals surface area contributed by atoms with E-state index in [2.05, 4.69) is 5.32 Å². The van der Waals surface area contributed by atoms with Gasteiger partial charge in [-0.3, -0.25) is 4.79 Å². The minimum atomic E-state index is -3.57. The first-order chi connectivity index (χ1) is 12.9. The number of morpholine rings is 1. The molecule has 27 heavy (non-hydrogen) atoms. The first kappa shape index (κ1) is 19.8. The maximum absolute atomic E-state index is 12.8. The van der Waals surface area contributed by atoms with Crippen LogP contribution >= 0.6 is 11.3 Å². The van der Waals surface area contributed by atoms with Crippen LogP contribution in [0.5, 0.6) is 5.75 Å². The number of sulfonamides is 1. The fourth-order valence-corrected chi connectivity index (χ4v) is 5.00. The third-order valence-electron chi connectivity index (χ3n) is 4.26. The summed E-state index contributed by atoms with van der Waals surface area (Å²) in [6.07, 6.45) is 0. The summed E-state index contributed by atoms with van der Waals surface area (Å²) < 4.78 is 37.6. The van der Waals surface area contributed by atoms with Crippen LogP contribution in [0.15, 0.2) is 34.5 Å². The minimum absolute atomic E-state index is 0.0431. The number of Topliss-reactive ketones (excluding diaryl/α,β-unsaturated/α-hetero) is 1. The fraction of sp³-hybridized carbons (Fsp3) is 0.389. The van der Waals surface area contributed by atoms with Crippen LogP contribution in [0.25, 0.3) is 0 Å². The molecule has 1 aliphatic rings. The van der Waals surface area contributed by atoms with Gasteiger partial charge in [0.1, 0.15) is 5.75 Å². The van der Waals surface area contributed by atoms with Gasteiger partial charge in [-0.15, -0.1) is 11.3 Å². The highest BCUT2D eigenvalue weighted by Crippen LogP contribution is 2.30. The normalized spacial score (nSPS) is 15.5. The van der Waals surface area contributed by atoms with Crippen LogP contribution in [0.4, 0.5) is 5.69 Å². The number of hydrogen-bond donors (Lipinski definition) is 1. The maximum atomic E-state index is 12.8. The molecule has 1 saturated heterocycles. The zero-order valence-corrected chi connectivity index (χ0v) is 16.9. The van der Waals surface area contributed by atoms with E-state index in [1.807, 2.05) is 11.4 Å². The van der Waals surface area contributed by atoms with E-state index in [1.165, 1.54) is 28.8 Å². The second-order valence-corrected chi connectivity index (χ2v) is 8.96. The molecule has 0 radical (unpaired) electrons. The van der Waals surface area contributed by atoms with Crippen LogP contribution in [0, 0.1) is 0 Å². The predicted octanol–water partition coefficient (Wildman–Crippen LogP) is 2.59. The molecule has 1 aromatic heterocycles. The third kappa shape index (κ3) is 4.49. The molecule has 1 fully saturated rings. The number of thiophene rings is 1. The number of ketones is 1. The summed E-state index contributed by atoms with van der Waals surface area (Å²) in [5.74, 6) is 0.493. The van der Waals surface area contributed by atoms with Crippen LogP contribution in [-0.4, -0.2) is 51.9 Å². The van der Waals surface area contributed by atoms with Crippen molar-refractivity contribution < 1.29 is 22.7 Å². The molecule has 2 aromatic rings. The number of nitrogens with one attached hydrogen (secondary N) is 1. The Balaban J connectivity index is 1.76. The lowest BCUT2D eigenvalue weighted by Crippen LogP contribution is -2.40. The Labute approximate surface area is 163 Å². The first-order valence-corrected chi connectivity index (χ1v) is 10.8. The summed E-state index contributed by atoms with van der Waals surface area (Å²) >= 11 is 1.41. The number of anilines is 1. The summed E-state index contributed by atoms with van der Waals surface area (Å²) in [6, 6.07) is 6.65. The van der Waals surface area contributed by atoms with Crippen LogP contribution in [0.3, 0.4) is 0 Å². The average Bonchev–Trinajstić information content (AvgIpc) is 3.16. The molecule has 0 unspecified atom stereocenters. The van der Waals surface area contributed by atoms with Crippen molar-refractivity contribution in [3.05, 3.63) is 40.1 Å². The Hall–Kier alpha value is -1.94. The molecular formula is C18H22N2O5S2. The molecule has 0 bridgehead atoms. The number of methoxy groups -OCH3 is 1. The van der Waals surface area contributed by atoms with Crippen LogP contribution in [0.2, 0.25) is 0 Å². The summed E-state index contributed by atoms with van der Waals surface area (Å²) in [5, 5.41) is 5.16. The summed E-state index contributed by atoms with van der Waals surface area (Å²) in [6.45, 7) is 3.55. The maximum Gasteiger partial charge on any atom is 0.243 e. The molecule has 1 N–H and O–H groups in total. The Morgan fingerprint density at radius 1 is 1.30 bits per heavy atom. The van der Waals surface area contributed by atoms with Gasteiger partial charge in [0.25, 0.3) is 0 Å². The van der Waals surface area contributed by atoms with Crippen LogP contribution in [-0.2, 0) is 21.3 Å². The predicted molar refractivity (Wildman–Crippen MR) is 104 cm³/mol. The Bertz CT molecular complexity index is 918. The molecule has 146 valence electrons. The number of ether oxygens (including phenoxy) is 2. The van der Waals surface area contributed by atoms with E-state index < -0.39 is 10.0 Å². The molecule has 0 atom stereocenters. The summed E-state index contributed by atoms with van der Waals surface area (Å²) in [7, 11) is -2.07. The molecule has 3 rings (SSSR count). The molecule has 2 heterocycles. The zero-order valence-electron chi connectivity index (χ0n) is 15.2. The van der Waals surface area contributed by atoms with Crippen LogP contribution in [0.1, 0.15) is 22.2 Å². The molecule has 1 aromatic carbocycles. The van der Waals surface area contributed by atoms with Gasteiger partial charge in [-0.25, -0.2) is 8.42 Å². The van der Waals surface area contributed by atoms with E-state index in [0.29, 0.717) is 49.2 Å². The van der Waals surface area contributed by atoms with Gasteiger partial charge in [0.15, 0.2) is 5.78 Å². The van der Waals surface area contributed by atoms with Gasteiger partial charge in [0.05, 0.1) is 35.8 Å². The van der Waals surface area contributed by atoms with Gasteiger partial charge in [0, 0.05) is 25.7 Å². The second kappa shape index (κ2) is 8.39. The van der Waals surface area contributed by atoms with Gasteiger partial charge in [-0.05, 0) is 36.1 Å². The number of carbonyl (C=O) groups is 1. The molecule has 0 saturated carbocycles. The van der Waals surface area contributed by atoms with Crippen molar-refractivity contribution >= 4 is 32.8 Å². The second-order valence-electron chi connectivity index (χ2n) is 6.11. The van der Waals surface area contributed by atoms with Gasteiger partial charge < -0.3 is 14.8 Å². The van der Waals surface area contributed by atoms with Crippen molar-refractivity contribution in [2.75, 3.05) is 38.7 Å². The van der Waals surface area contributed by atoms with Crippen molar-refractivity contribution in [3.8, 4) is 5.75 Å². The lowest BCUT2D eigenvalue weighted by atomic mass is 10.2. The van der Waals surface area contributed by atoms with Crippen molar-refractivity contribution in [1.82, 2.24) is 4.31 Å². The van der Waals surface area contributed by atoms with Crippen molar-refractivity contribution in [2.45, 2.75) is 18.4 Å². The lowest BCUT2D eigenvalue weighted by Gasteiger charge is -2.26. The van der Waals surface area contributed by atoms with Crippen molar-refractivity contribution in [3.63, 3.8) is 0 Å². The topological polar surface area (TPSA) is 84.9 Å². The highest BCUT2D eigenvalue weighted by atomic mass is 32.2. The molecule has 7 nitrogen and oxygen atoms in total. The molecule has 0 amide bonds. The smallest absolute Gasteiger partial charge is 0.243 e. The van der Waals surface area contributed by atoms with E-state index >= 15 is 0 Å².